The molecule has 0 aliphatic rings. The van der Waals surface area contributed by atoms with Gasteiger partial charge in [-0.25, -0.2) is 0 Å². The van der Waals surface area contributed by atoms with Crippen LogP contribution in [0.3, 0.4) is 0 Å². The highest BCUT2D eigenvalue weighted by molar-refractivity contribution is 6.42. The summed E-state index contributed by atoms with van der Waals surface area (Å²) in [5.74, 6) is -2.07. The van der Waals surface area contributed by atoms with Gasteiger partial charge in [-0.3, -0.25) is 9.59 Å². The Kier molecular flexibility index (Phi) is 5.78. The van der Waals surface area contributed by atoms with Gasteiger partial charge in [-0.05, 0) is 55.2 Å². The molecule has 24 heavy (non-hydrogen) atoms. The van der Waals surface area contributed by atoms with Crippen LogP contribution in [-0.2, 0) is 11.2 Å². The lowest BCUT2D eigenvalue weighted by atomic mass is 10.1. The molecule has 0 radical (unpaired) electrons. The average molecular weight is 329 g/mol. The van der Waals surface area contributed by atoms with Crippen LogP contribution in [-0.4, -0.2) is 33.6 Å². The van der Waals surface area contributed by atoms with Gasteiger partial charge in [0, 0.05) is 12.1 Å². The summed E-state index contributed by atoms with van der Waals surface area (Å²) in [7, 11) is 0. The molecule has 2 rings (SSSR count). The molecule has 2 aromatic carbocycles. The number of nitrogens with one attached hydrogen (secondary N) is 1. The van der Waals surface area contributed by atoms with Crippen molar-refractivity contribution in [3.63, 3.8) is 0 Å². The van der Waals surface area contributed by atoms with Crippen molar-refractivity contribution >= 4 is 11.7 Å². The molecule has 0 aromatic heterocycles. The number of amides is 1. The first-order valence-corrected chi connectivity index (χ1v) is 7.60. The molecule has 0 bridgehead atoms. The molecule has 0 saturated heterocycles. The summed E-state index contributed by atoms with van der Waals surface area (Å²) in [5, 5.41) is 30.3. The van der Waals surface area contributed by atoms with Crippen LogP contribution in [0.25, 0.3) is 0 Å². The maximum absolute atomic E-state index is 11.9. The molecule has 0 aliphatic carbocycles. The third-order valence-corrected chi connectivity index (χ3v) is 3.56. The van der Waals surface area contributed by atoms with Gasteiger partial charge in [-0.15, -0.1) is 0 Å². The van der Waals surface area contributed by atoms with Crippen molar-refractivity contribution in [1.82, 2.24) is 5.32 Å². The molecular weight excluding hydrogens is 310 g/mol. The zero-order chi connectivity index (χ0) is 17.5. The van der Waals surface area contributed by atoms with Crippen LogP contribution in [0.1, 0.15) is 28.8 Å². The Bertz CT molecular complexity index is 725. The second kappa shape index (κ2) is 8.01. The van der Waals surface area contributed by atoms with Gasteiger partial charge in [-0.1, -0.05) is 12.1 Å². The fourth-order valence-electron chi connectivity index (χ4n) is 2.19. The van der Waals surface area contributed by atoms with E-state index in [1.807, 2.05) is 12.1 Å². The van der Waals surface area contributed by atoms with Crippen molar-refractivity contribution in [2.75, 3.05) is 6.54 Å². The van der Waals surface area contributed by atoms with E-state index in [1.54, 1.807) is 12.1 Å². The van der Waals surface area contributed by atoms with E-state index < -0.39 is 17.4 Å². The minimum absolute atomic E-state index is 0.0203. The Morgan fingerprint density at radius 2 is 1.58 bits per heavy atom. The highest BCUT2D eigenvalue weighted by Crippen LogP contribution is 2.24. The highest BCUT2D eigenvalue weighted by atomic mass is 16.3. The van der Waals surface area contributed by atoms with Crippen molar-refractivity contribution in [3.05, 3.63) is 53.6 Å². The molecule has 0 spiro atoms. The summed E-state index contributed by atoms with van der Waals surface area (Å²) < 4.78 is 0. The van der Waals surface area contributed by atoms with E-state index in [9.17, 15) is 24.9 Å². The van der Waals surface area contributed by atoms with Crippen LogP contribution in [0.4, 0.5) is 0 Å². The number of aromatic hydroxyl groups is 3. The number of hydrogen-bond acceptors (Lipinski definition) is 5. The van der Waals surface area contributed by atoms with E-state index in [0.717, 1.165) is 30.5 Å². The first-order valence-electron chi connectivity index (χ1n) is 7.60. The van der Waals surface area contributed by atoms with Crippen LogP contribution in [0.5, 0.6) is 17.2 Å². The van der Waals surface area contributed by atoms with Crippen LogP contribution < -0.4 is 5.32 Å². The predicted octanol–water partition coefficient (Wildman–Crippen LogP) is 2.13. The molecule has 0 aliphatic heterocycles. The van der Waals surface area contributed by atoms with E-state index >= 15 is 0 Å². The third kappa shape index (κ3) is 4.74. The summed E-state index contributed by atoms with van der Waals surface area (Å²) >= 11 is 0. The summed E-state index contributed by atoms with van der Waals surface area (Å²) in [6, 6.07) is 10.4. The topological polar surface area (TPSA) is 107 Å². The number of rotatable bonds is 7. The van der Waals surface area contributed by atoms with Gasteiger partial charge in [0.25, 0.3) is 5.91 Å². The van der Waals surface area contributed by atoms with Gasteiger partial charge in [0.2, 0.25) is 5.78 Å². The van der Waals surface area contributed by atoms with Gasteiger partial charge in [-0.2, -0.15) is 0 Å². The summed E-state index contributed by atoms with van der Waals surface area (Å²) in [5.41, 5.74) is 1.11. The number of phenols is 3. The third-order valence-electron chi connectivity index (χ3n) is 3.56. The molecule has 0 fully saturated rings. The largest absolute Gasteiger partial charge is 0.508 e. The molecule has 0 unspecified atom stereocenters. The second-order valence-electron chi connectivity index (χ2n) is 5.41. The molecule has 2 aromatic rings. The molecule has 0 heterocycles. The first kappa shape index (κ1) is 17.3. The standard InChI is InChI=1S/C18H19NO5/c20-14-7-4-12(5-8-14)3-1-2-10-19-18(24)17(23)13-6-9-15(21)16(22)11-13/h4-9,11,20-22H,1-3,10H2,(H,19,24). The molecule has 4 N–H and O–H groups in total. The van der Waals surface area contributed by atoms with E-state index in [-0.39, 0.29) is 17.1 Å². The van der Waals surface area contributed by atoms with Gasteiger partial charge in [0.1, 0.15) is 5.75 Å². The summed E-state index contributed by atoms with van der Waals surface area (Å²) in [6.07, 6.45) is 2.36. The number of ketones is 1. The zero-order valence-corrected chi connectivity index (χ0v) is 13.0. The number of benzene rings is 2. The van der Waals surface area contributed by atoms with Crippen molar-refractivity contribution in [3.8, 4) is 17.2 Å². The van der Waals surface area contributed by atoms with E-state index in [1.165, 1.54) is 6.07 Å². The molecular formula is C18H19NO5. The lowest BCUT2D eigenvalue weighted by Gasteiger charge is -2.06. The molecule has 6 heteroatoms. The lowest BCUT2D eigenvalue weighted by Crippen LogP contribution is -2.31. The Morgan fingerprint density at radius 3 is 2.25 bits per heavy atom. The van der Waals surface area contributed by atoms with Crippen molar-refractivity contribution in [2.45, 2.75) is 19.3 Å². The Morgan fingerprint density at radius 1 is 0.875 bits per heavy atom. The molecule has 0 saturated carbocycles. The lowest BCUT2D eigenvalue weighted by molar-refractivity contribution is -0.117. The van der Waals surface area contributed by atoms with Crippen LogP contribution in [0, 0.1) is 0 Å². The van der Waals surface area contributed by atoms with E-state index in [0.29, 0.717) is 13.0 Å². The fraction of sp³-hybridized carbons (Fsp3) is 0.222. The van der Waals surface area contributed by atoms with Gasteiger partial charge < -0.3 is 20.6 Å². The van der Waals surface area contributed by atoms with Crippen LogP contribution in [0.15, 0.2) is 42.5 Å². The van der Waals surface area contributed by atoms with Crippen LogP contribution in [0.2, 0.25) is 0 Å². The monoisotopic (exact) mass is 329 g/mol. The molecule has 0 atom stereocenters. The predicted molar refractivity (Wildman–Crippen MR) is 88.2 cm³/mol. The van der Waals surface area contributed by atoms with E-state index in [2.05, 4.69) is 5.32 Å². The van der Waals surface area contributed by atoms with Gasteiger partial charge >= 0.3 is 0 Å². The maximum Gasteiger partial charge on any atom is 0.292 e. The average Bonchev–Trinajstić information content (AvgIpc) is 2.58. The van der Waals surface area contributed by atoms with Crippen molar-refractivity contribution < 1.29 is 24.9 Å². The first-order chi connectivity index (χ1) is 11.5. The summed E-state index contributed by atoms with van der Waals surface area (Å²) in [4.78, 5) is 23.7. The van der Waals surface area contributed by atoms with E-state index in [4.69, 9.17) is 0 Å². The number of phenolic OH excluding ortho intramolecular Hbond substituents is 3. The Hall–Kier alpha value is -3.02. The number of aryl methyl sites for hydroxylation is 1. The number of carbonyl (C=O) groups excluding carboxylic acids is 2. The zero-order valence-electron chi connectivity index (χ0n) is 13.0. The fourth-order valence-corrected chi connectivity index (χ4v) is 2.19. The molecule has 126 valence electrons. The number of hydrogen-bond donors (Lipinski definition) is 4. The SMILES string of the molecule is O=C(NCCCCc1ccc(O)cc1)C(=O)c1ccc(O)c(O)c1. The minimum Gasteiger partial charge on any atom is -0.508 e. The van der Waals surface area contributed by atoms with Crippen LogP contribution >= 0.6 is 0 Å². The normalized spacial score (nSPS) is 10.3. The Balaban J connectivity index is 1.73. The minimum atomic E-state index is -0.760. The molecule has 6 nitrogen and oxygen atoms in total. The molecule has 1 amide bonds. The number of carbonyl (C=O) groups is 2. The highest BCUT2D eigenvalue weighted by Gasteiger charge is 2.16. The van der Waals surface area contributed by atoms with Gasteiger partial charge in [0.15, 0.2) is 11.5 Å². The van der Waals surface area contributed by atoms with Crippen molar-refractivity contribution in [2.24, 2.45) is 0 Å². The summed E-state index contributed by atoms with van der Waals surface area (Å²) in [6.45, 7) is 0.368. The quantitative estimate of drug-likeness (QED) is 0.269. The maximum atomic E-state index is 11.9. The second-order valence-corrected chi connectivity index (χ2v) is 5.41. The smallest absolute Gasteiger partial charge is 0.292 e. The van der Waals surface area contributed by atoms with Crippen molar-refractivity contribution in [1.29, 1.82) is 0 Å². The van der Waals surface area contributed by atoms with Gasteiger partial charge in [0.05, 0.1) is 0 Å². The number of Topliss-reactive ketones (excluding diaryl/α,β-unsaturated/α-hetero) is 1. The Labute approximate surface area is 139 Å². The number of unbranched alkanes of at least 4 members (excludes halogenated alkanes) is 1.